The van der Waals surface area contributed by atoms with E-state index in [0.29, 0.717) is 18.4 Å². The second-order valence-electron chi connectivity index (χ2n) is 6.30. The predicted octanol–water partition coefficient (Wildman–Crippen LogP) is 2.64. The molecule has 1 aromatic rings. The number of aliphatic carboxylic acids is 1. The van der Waals surface area contributed by atoms with Crippen molar-refractivity contribution >= 4 is 11.9 Å². The highest BCUT2D eigenvalue weighted by Gasteiger charge is 2.56. The van der Waals surface area contributed by atoms with Crippen molar-refractivity contribution in [3.8, 4) is 5.75 Å². The highest BCUT2D eigenvalue weighted by Crippen LogP contribution is 2.51. The van der Waals surface area contributed by atoms with Gasteiger partial charge in [0.2, 0.25) is 5.91 Å². The van der Waals surface area contributed by atoms with Crippen LogP contribution >= 0.6 is 0 Å². The van der Waals surface area contributed by atoms with Crippen molar-refractivity contribution in [2.45, 2.75) is 43.3 Å². The molecule has 2 atom stereocenters. The van der Waals surface area contributed by atoms with Crippen LogP contribution in [0.2, 0.25) is 0 Å². The molecule has 3 rings (SSSR count). The van der Waals surface area contributed by atoms with Gasteiger partial charge in [0.05, 0.1) is 12.0 Å². The minimum absolute atomic E-state index is 0.254. The van der Waals surface area contributed by atoms with Crippen molar-refractivity contribution in [1.82, 2.24) is 4.90 Å². The first kappa shape index (κ1) is 17.5. The molecule has 0 spiro atoms. The van der Waals surface area contributed by atoms with Gasteiger partial charge in [0.25, 0.3) is 0 Å². The number of amides is 1. The SMILES string of the molecule is O=C(O)[C@@H]1C[C@H](F)CN1C(=O)C1(c2ccc(OC(F)(F)F)cc2)CC1. The monoisotopic (exact) mass is 361 g/mol. The van der Waals surface area contributed by atoms with E-state index >= 15 is 0 Å². The molecule has 2 fully saturated rings. The molecule has 9 heteroatoms. The van der Waals surface area contributed by atoms with E-state index in [1.165, 1.54) is 12.1 Å². The second-order valence-corrected chi connectivity index (χ2v) is 6.30. The Hall–Kier alpha value is -2.32. The molecule has 1 N–H and O–H groups in total. The number of hydrogen-bond acceptors (Lipinski definition) is 3. The summed E-state index contributed by atoms with van der Waals surface area (Å²) in [5, 5.41) is 9.17. The lowest BCUT2D eigenvalue weighted by Gasteiger charge is -2.26. The Morgan fingerprint density at radius 3 is 2.28 bits per heavy atom. The zero-order valence-corrected chi connectivity index (χ0v) is 12.9. The van der Waals surface area contributed by atoms with E-state index in [-0.39, 0.29) is 13.0 Å². The fourth-order valence-electron chi connectivity index (χ4n) is 3.24. The number of carbonyl (C=O) groups excluding carboxylic acids is 1. The normalized spacial score (nSPS) is 24.9. The van der Waals surface area contributed by atoms with Gasteiger partial charge in [-0.3, -0.25) is 4.79 Å². The van der Waals surface area contributed by atoms with E-state index in [1.807, 2.05) is 0 Å². The number of carboxylic acids is 1. The molecule has 0 aromatic heterocycles. The Balaban J connectivity index is 1.80. The summed E-state index contributed by atoms with van der Waals surface area (Å²) in [7, 11) is 0. The van der Waals surface area contributed by atoms with Crippen LogP contribution in [-0.4, -0.2) is 47.0 Å². The molecule has 1 aromatic carbocycles. The fraction of sp³-hybridized carbons (Fsp3) is 0.500. The molecule has 25 heavy (non-hydrogen) atoms. The van der Waals surface area contributed by atoms with E-state index in [4.69, 9.17) is 5.11 Å². The lowest BCUT2D eigenvalue weighted by Crippen LogP contribution is -2.45. The number of nitrogens with zero attached hydrogens (tertiary/aromatic N) is 1. The van der Waals surface area contributed by atoms with Gasteiger partial charge < -0.3 is 14.7 Å². The minimum Gasteiger partial charge on any atom is -0.480 e. The Kier molecular flexibility index (Phi) is 4.12. The average molecular weight is 361 g/mol. The number of benzene rings is 1. The smallest absolute Gasteiger partial charge is 0.480 e. The van der Waals surface area contributed by atoms with Crippen LogP contribution in [0.4, 0.5) is 17.6 Å². The quantitative estimate of drug-likeness (QED) is 0.838. The van der Waals surface area contributed by atoms with Gasteiger partial charge in [-0.25, -0.2) is 9.18 Å². The van der Waals surface area contributed by atoms with Crippen molar-refractivity contribution in [3.63, 3.8) is 0 Å². The Bertz CT molecular complexity index is 684. The van der Waals surface area contributed by atoms with Gasteiger partial charge in [-0.05, 0) is 30.5 Å². The summed E-state index contributed by atoms with van der Waals surface area (Å²) >= 11 is 0. The fourth-order valence-corrected chi connectivity index (χ4v) is 3.24. The minimum atomic E-state index is -4.81. The third kappa shape index (κ3) is 3.40. The maximum absolute atomic E-state index is 13.6. The molecule has 1 aliphatic heterocycles. The summed E-state index contributed by atoms with van der Waals surface area (Å²) in [6.07, 6.45) is -5.59. The Labute approximate surface area is 140 Å². The molecule has 0 unspecified atom stereocenters. The first-order valence-electron chi connectivity index (χ1n) is 7.67. The topological polar surface area (TPSA) is 66.8 Å². The number of rotatable bonds is 4. The van der Waals surface area contributed by atoms with Gasteiger partial charge in [-0.15, -0.1) is 13.2 Å². The number of hydrogen-bond donors (Lipinski definition) is 1. The van der Waals surface area contributed by atoms with Crippen molar-refractivity contribution in [3.05, 3.63) is 29.8 Å². The molecular formula is C16H15F4NO4. The van der Waals surface area contributed by atoms with Gasteiger partial charge in [-0.2, -0.15) is 0 Å². The lowest BCUT2D eigenvalue weighted by molar-refractivity contribution is -0.274. The van der Waals surface area contributed by atoms with E-state index in [2.05, 4.69) is 4.74 Å². The van der Waals surface area contributed by atoms with Gasteiger partial charge in [0.1, 0.15) is 18.0 Å². The third-order valence-corrected chi connectivity index (χ3v) is 4.60. The largest absolute Gasteiger partial charge is 0.573 e. The Morgan fingerprint density at radius 1 is 1.20 bits per heavy atom. The van der Waals surface area contributed by atoms with E-state index in [9.17, 15) is 27.2 Å². The van der Waals surface area contributed by atoms with Crippen LogP contribution in [0.1, 0.15) is 24.8 Å². The molecule has 0 bridgehead atoms. The summed E-state index contributed by atoms with van der Waals surface area (Å²) < 4.78 is 54.0. The summed E-state index contributed by atoms with van der Waals surface area (Å²) in [5.41, 5.74) is -0.521. The average Bonchev–Trinajstić information content (AvgIpc) is 3.22. The number of halogens is 4. The van der Waals surface area contributed by atoms with Crippen LogP contribution in [0, 0.1) is 0 Å². The Morgan fingerprint density at radius 2 is 1.80 bits per heavy atom. The molecule has 1 heterocycles. The molecule has 1 saturated carbocycles. The van der Waals surface area contributed by atoms with E-state index in [0.717, 1.165) is 17.0 Å². The van der Waals surface area contributed by atoms with Crippen LogP contribution in [0.5, 0.6) is 5.75 Å². The molecule has 2 aliphatic rings. The summed E-state index contributed by atoms with van der Waals surface area (Å²) in [5.74, 6) is -2.17. The van der Waals surface area contributed by atoms with Crippen LogP contribution in [-0.2, 0) is 15.0 Å². The number of carboxylic acid groups (broad SMARTS) is 1. The van der Waals surface area contributed by atoms with Crippen molar-refractivity contribution in [2.24, 2.45) is 0 Å². The van der Waals surface area contributed by atoms with Crippen LogP contribution in [0.3, 0.4) is 0 Å². The summed E-state index contributed by atoms with van der Waals surface area (Å²) in [6, 6.07) is 3.70. The van der Waals surface area contributed by atoms with Gasteiger partial charge in [0.15, 0.2) is 0 Å². The highest BCUT2D eigenvalue weighted by molar-refractivity contribution is 5.94. The standard InChI is InChI=1S/C16H15F4NO4/c17-10-7-12(13(22)23)21(8-10)14(24)15(5-6-15)9-1-3-11(4-2-9)25-16(18,19)20/h1-4,10,12H,5-8H2,(H,22,23)/t10-,12-/m0/s1. The molecule has 136 valence electrons. The van der Waals surface area contributed by atoms with Gasteiger partial charge in [-0.1, -0.05) is 12.1 Å². The molecule has 1 amide bonds. The van der Waals surface area contributed by atoms with Gasteiger partial charge in [0, 0.05) is 6.42 Å². The first-order valence-corrected chi connectivity index (χ1v) is 7.67. The molecule has 0 radical (unpaired) electrons. The lowest BCUT2D eigenvalue weighted by atomic mass is 9.94. The number of ether oxygens (including phenoxy) is 1. The maximum atomic E-state index is 13.6. The van der Waals surface area contributed by atoms with Crippen LogP contribution < -0.4 is 4.74 Å². The van der Waals surface area contributed by atoms with Crippen LogP contribution in [0.15, 0.2) is 24.3 Å². The van der Waals surface area contributed by atoms with Gasteiger partial charge >= 0.3 is 12.3 Å². The molecule has 1 aliphatic carbocycles. The predicted molar refractivity (Wildman–Crippen MR) is 76.7 cm³/mol. The molecule has 5 nitrogen and oxygen atoms in total. The van der Waals surface area contributed by atoms with Crippen molar-refractivity contribution < 1.29 is 37.0 Å². The van der Waals surface area contributed by atoms with Crippen molar-refractivity contribution in [1.29, 1.82) is 0 Å². The summed E-state index contributed by atoms with van der Waals surface area (Å²) in [4.78, 5) is 25.1. The molecular weight excluding hydrogens is 346 g/mol. The second kappa shape index (κ2) is 5.89. The number of likely N-dealkylation sites (tertiary alicyclic amines) is 1. The molecule has 1 saturated heterocycles. The van der Waals surface area contributed by atoms with Crippen LogP contribution in [0.25, 0.3) is 0 Å². The summed E-state index contributed by atoms with van der Waals surface area (Å²) in [6.45, 7) is -0.285. The first-order chi connectivity index (χ1) is 11.6. The number of carbonyl (C=O) groups is 2. The number of alkyl halides is 4. The maximum Gasteiger partial charge on any atom is 0.573 e. The van der Waals surface area contributed by atoms with E-state index in [1.54, 1.807) is 0 Å². The zero-order valence-electron chi connectivity index (χ0n) is 12.9. The third-order valence-electron chi connectivity index (χ3n) is 4.60. The zero-order chi connectivity index (χ0) is 18.4. The highest BCUT2D eigenvalue weighted by atomic mass is 19.4. The van der Waals surface area contributed by atoms with Crippen molar-refractivity contribution in [2.75, 3.05) is 6.54 Å². The van der Waals surface area contributed by atoms with E-state index < -0.39 is 41.6 Å².